The first-order valence-electron chi connectivity index (χ1n) is 8.62. The van der Waals surface area contributed by atoms with Gasteiger partial charge in [0.15, 0.2) is 5.82 Å². The molecule has 26 heavy (non-hydrogen) atoms. The molecule has 0 aliphatic rings. The summed E-state index contributed by atoms with van der Waals surface area (Å²) in [5.41, 5.74) is 3.74. The normalized spacial score (nSPS) is 11.6. The fraction of sp³-hybridized carbons (Fsp3) is 0.350. The summed E-state index contributed by atoms with van der Waals surface area (Å²) in [6.45, 7) is 10.3. The first kappa shape index (κ1) is 17.9. The third-order valence-electron chi connectivity index (χ3n) is 4.18. The topological polar surface area (TPSA) is 73.0 Å². The number of nitrogens with zero attached hydrogens (tertiary/aromatic N) is 3. The molecule has 0 aliphatic heterocycles. The maximum absolute atomic E-state index is 12.3. The summed E-state index contributed by atoms with van der Waals surface area (Å²) in [4.78, 5) is 16.7. The molecule has 0 spiro atoms. The Kier molecular flexibility index (Phi) is 4.68. The van der Waals surface area contributed by atoms with Crippen LogP contribution in [-0.4, -0.2) is 20.6 Å². The molecule has 0 saturated heterocycles. The molecule has 1 amide bonds. The van der Waals surface area contributed by atoms with Crippen molar-refractivity contribution >= 4 is 5.91 Å². The number of aromatic nitrogens is 3. The van der Waals surface area contributed by atoms with E-state index < -0.39 is 0 Å². The predicted octanol–water partition coefficient (Wildman–Crippen LogP) is 3.70. The van der Waals surface area contributed by atoms with Crippen molar-refractivity contribution in [2.45, 2.75) is 46.6 Å². The summed E-state index contributed by atoms with van der Waals surface area (Å²) in [6, 6.07) is 11.7. The average Bonchev–Trinajstić information content (AvgIpc) is 3.20. The van der Waals surface area contributed by atoms with E-state index in [4.69, 9.17) is 4.52 Å². The average molecular weight is 352 g/mol. The third-order valence-corrected chi connectivity index (χ3v) is 4.18. The largest absolute Gasteiger partial charge is 0.345 e. The molecule has 1 aromatic carbocycles. The Morgan fingerprint density at radius 2 is 1.69 bits per heavy atom. The zero-order valence-corrected chi connectivity index (χ0v) is 15.8. The summed E-state index contributed by atoms with van der Waals surface area (Å²) >= 11 is 0. The van der Waals surface area contributed by atoms with Gasteiger partial charge in [-0.05, 0) is 50.2 Å². The van der Waals surface area contributed by atoms with Crippen LogP contribution < -0.4 is 5.32 Å². The van der Waals surface area contributed by atoms with Crippen LogP contribution in [0.2, 0.25) is 0 Å². The molecule has 2 heterocycles. The van der Waals surface area contributed by atoms with Crippen LogP contribution in [0, 0.1) is 13.8 Å². The maximum Gasteiger partial charge on any atom is 0.251 e. The quantitative estimate of drug-likeness (QED) is 0.777. The number of carbonyl (C=O) groups is 1. The van der Waals surface area contributed by atoms with Gasteiger partial charge in [-0.1, -0.05) is 25.9 Å². The molecule has 3 rings (SSSR count). The zero-order chi connectivity index (χ0) is 18.9. The monoisotopic (exact) mass is 352 g/mol. The van der Waals surface area contributed by atoms with Gasteiger partial charge >= 0.3 is 0 Å². The molecule has 0 unspecified atom stereocenters. The molecular weight excluding hydrogens is 328 g/mol. The van der Waals surface area contributed by atoms with Crippen molar-refractivity contribution in [3.05, 3.63) is 65.1 Å². The van der Waals surface area contributed by atoms with E-state index in [0.717, 1.165) is 17.1 Å². The number of aryl methyl sites for hydroxylation is 2. The second kappa shape index (κ2) is 6.78. The summed E-state index contributed by atoms with van der Waals surface area (Å²) in [5, 5.41) is 6.74. The molecule has 6 nitrogen and oxygen atoms in total. The first-order valence-corrected chi connectivity index (χ1v) is 8.62. The molecule has 2 aromatic heterocycles. The molecule has 0 atom stereocenters. The third kappa shape index (κ3) is 3.69. The fourth-order valence-corrected chi connectivity index (χ4v) is 2.73. The van der Waals surface area contributed by atoms with Gasteiger partial charge in [-0.25, -0.2) is 0 Å². The number of hydrogen-bond acceptors (Lipinski definition) is 4. The summed E-state index contributed by atoms with van der Waals surface area (Å²) in [5.74, 6) is 0.863. The minimum Gasteiger partial charge on any atom is -0.345 e. The molecule has 0 aliphatic carbocycles. The van der Waals surface area contributed by atoms with Gasteiger partial charge in [0, 0.05) is 28.1 Å². The van der Waals surface area contributed by atoms with E-state index in [9.17, 15) is 4.79 Å². The van der Waals surface area contributed by atoms with E-state index in [2.05, 4.69) is 46.0 Å². The van der Waals surface area contributed by atoms with E-state index in [0.29, 0.717) is 17.3 Å². The second-order valence-corrected chi connectivity index (χ2v) is 7.45. The highest BCUT2D eigenvalue weighted by Crippen LogP contribution is 2.20. The van der Waals surface area contributed by atoms with Gasteiger partial charge in [-0.3, -0.25) is 4.79 Å². The van der Waals surface area contributed by atoms with Crippen LogP contribution in [0.1, 0.15) is 54.2 Å². The van der Waals surface area contributed by atoms with Crippen LogP contribution in [0.3, 0.4) is 0 Å². The molecule has 136 valence electrons. The van der Waals surface area contributed by atoms with Crippen LogP contribution in [0.25, 0.3) is 5.69 Å². The van der Waals surface area contributed by atoms with Crippen molar-refractivity contribution in [3.8, 4) is 5.69 Å². The van der Waals surface area contributed by atoms with Gasteiger partial charge in [0.2, 0.25) is 5.89 Å². The Morgan fingerprint density at radius 1 is 1.08 bits per heavy atom. The molecule has 0 saturated carbocycles. The van der Waals surface area contributed by atoms with Gasteiger partial charge < -0.3 is 14.4 Å². The van der Waals surface area contributed by atoms with Crippen LogP contribution in [0.15, 0.2) is 40.9 Å². The van der Waals surface area contributed by atoms with Crippen molar-refractivity contribution in [2.24, 2.45) is 0 Å². The lowest BCUT2D eigenvalue weighted by Gasteiger charge is -2.10. The molecule has 1 N–H and O–H groups in total. The minimum absolute atomic E-state index is 0.167. The molecular formula is C20H24N4O2. The lowest BCUT2D eigenvalue weighted by Crippen LogP contribution is -2.23. The Labute approximate surface area is 153 Å². The Morgan fingerprint density at radius 3 is 2.23 bits per heavy atom. The van der Waals surface area contributed by atoms with Gasteiger partial charge in [0.1, 0.15) is 0 Å². The van der Waals surface area contributed by atoms with Crippen molar-refractivity contribution in [1.82, 2.24) is 20.0 Å². The van der Waals surface area contributed by atoms with E-state index >= 15 is 0 Å². The number of rotatable bonds is 4. The molecule has 0 bridgehead atoms. The first-order chi connectivity index (χ1) is 12.3. The van der Waals surface area contributed by atoms with Crippen LogP contribution in [-0.2, 0) is 12.0 Å². The lowest BCUT2D eigenvalue weighted by molar-refractivity contribution is 0.0949. The Bertz CT molecular complexity index is 895. The van der Waals surface area contributed by atoms with Gasteiger partial charge in [-0.15, -0.1) is 0 Å². The van der Waals surface area contributed by atoms with Crippen LogP contribution >= 0.6 is 0 Å². The van der Waals surface area contributed by atoms with Gasteiger partial charge in [0.25, 0.3) is 5.91 Å². The molecule has 6 heteroatoms. The van der Waals surface area contributed by atoms with E-state index in [-0.39, 0.29) is 17.9 Å². The Balaban J connectivity index is 1.66. The van der Waals surface area contributed by atoms with Crippen molar-refractivity contribution < 1.29 is 9.32 Å². The predicted molar refractivity (Wildman–Crippen MR) is 99.4 cm³/mol. The van der Waals surface area contributed by atoms with Crippen LogP contribution in [0.5, 0.6) is 0 Å². The second-order valence-electron chi connectivity index (χ2n) is 7.45. The summed E-state index contributed by atoms with van der Waals surface area (Å²) in [7, 11) is 0. The van der Waals surface area contributed by atoms with Gasteiger partial charge in [0.05, 0.1) is 6.54 Å². The number of hydrogen-bond donors (Lipinski definition) is 1. The zero-order valence-electron chi connectivity index (χ0n) is 15.8. The molecule has 0 fully saturated rings. The smallest absolute Gasteiger partial charge is 0.251 e. The molecule has 3 aromatic rings. The van der Waals surface area contributed by atoms with E-state index in [1.165, 1.54) is 0 Å². The summed E-state index contributed by atoms with van der Waals surface area (Å²) in [6.07, 6.45) is 0. The highest BCUT2D eigenvalue weighted by atomic mass is 16.5. The Hall–Kier alpha value is -2.89. The van der Waals surface area contributed by atoms with E-state index in [1.807, 2.05) is 45.0 Å². The summed E-state index contributed by atoms with van der Waals surface area (Å²) < 4.78 is 7.38. The minimum atomic E-state index is -0.209. The number of nitrogens with one attached hydrogen (secondary N) is 1. The standard InChI is InChI=1S/C20H24N4O2/c1-13-6-7-14(2)24(13)16-10-8-15(9-11-16)18(25)21-12-17-22-19(26-23-17)20(3,4)5/h6-11H,12H2,1-5H3,(H,21,25). The van der Waals surface area contributed by atoms with Crippen molar-refractivity contribution in [1.29, 1.82) is 0 Å². The lowest BCUT2D eigenvalue weighted by atomic mass is 9.97. The highest BCUT2D eigenvalue weighted by molar-refractivity contribution is 5.94. The highest BCUT2D eigenvalue weighted by Gasteiger charge is 2.21. The fourth-order valence-electron chi connectivity index (χ4n) is 2.73. The van der Waals surface area contributed by atoms with Gasteiger partial charge in [-0.2, -0.15) is 4.98 Å². The maximum atomic E-state index is 12.3. The number of carbonyl (C=O) groups excluding carboxylic acids is 1. The number of amides is 1. The number of benzene rings is 1. The van der Waals surface area contributed by atoms with Crippen molar-refractivity contribution in [3.63, 3.8) is 0 Å². The van der Waals surface area contributed by atoms with Crippen LogP contribution in [0.4, 0.5) is 0 Å². The van der Waals surface area contributed by atoms with E-state index in [1.54, 1.807) is 0 Å². The SMILES string of the molecule is Cc1ccc(C)n1-c1ccc(C(=O)NCc2noc(C(C)(C)C)n2)cc1. The molecule has 0 radical (unpaired) electrons. The van der Waals surface area contributed by atoms with Crippen molar-refractivity contribution in [2.75, 3.05) is 0 Å².